The summed E-state index contributed by atoms with van der Waals surface area (Å²) in [5.41, 5.74) is 2.35. The maximum atomic E-state index is 13.0. The van der Waals surface area contributed by atoms with E-state index in [1.165, 1.54) is 12.5 Å². The number of imidazole rings is 1. The fourth-order valence-electron chi connectivity index (χ4n) is 4.51. The Kier molecular flexibility index (Phi) is 3.45. The Hall–Kier alpha value is -2.57. The minimum absolute atomic E-state index is 0.00766. The summed E-state index contributed by atoms with van der Waals surface area (Å²) in [5.74, 6) is 0.456. The molecule has 0 radical (unpaired) electrons. The third kappa shape index (κ3) is 2.29. The zero-order chi connectivity index (χ0) is 17.7. The van der Waals surface area contributed by atoms with E-state index < -0.39 is 0 Å². The first-order valence-electron chi connectivity index (χ1n) is 9.35. The van der Waals surface area contributed by atoms with Crippen molar-refractivity contribution in [2.45, 2.75) is 37.6 Å². The molecule has 1 N–H and O–H groups in total. The van der Waals surface area contributed by atoms with E-state index in [1.807, 2.05) is 4.90 Å². The molecule has 7 nitrogen and oxygen atoms in total. The third-order valence-corrected chi connectivity index (χ3v) is 6.10. The van der Waals surface area contributed by atoms with Crippen LogP contribution in [-0.4, -0.2) is 51.2 Å². The van der Waals surface area contributed by atoms with Gasteiger partial charge in [0.25, 0.3) is 5.91 Å². The molecular formula is C19H22N4O3. The number of nitrogens with one attached hydrogen (secondary N) is 1. The lowest BCUT2D eigenvalue weighted by Crippen LogP contribution is -2.59. The summed E-state index contributed by atoms with van der Waals surface area (Å²) in [5, 5.41) is 0. The van der Waals surface area contributed by atoms with E-state index in [-0.39, 0.29) is 23.3 Å². The molecule has 1 aliphatic carbocycles. The largest absolute Gasteiger partial charge is 0.472 e. The summed E-state index contributed by atoms with van der Waals surface area (Å²) in [6.07, 6.45) is 9.04. The Morgan fingerprint density at radius 1 is 1.23 bits per heavy atom. The zero-order valence-electron chi connectivity index (χ0n) is 14.6. The lowest BCUT2D eigenvalue weighted by molar-refractivity contribution is -0.143. The molecule has 4 heterocycles. The van der Waals surface area contributed by atoms with E-state index in [0.717, 1.165) is 50.0 Å². The van der Waals surface area contributed by atoms with Gasteiger partial charge in [0, 0.05) is 37.7 Å². The molecule has 3 aliphatic rings. The molecule has 2 aromatic heterocycles. The quantitative estimate of drug-likeness (QED) is 0.893. The SMILES string of the molecule is O=C(c1ccoc1)N1CCC2(CC1)c1nc[nH]c1CCN2C(=O)C1CC1. The molecule has 2 amide bonds. The summed E-state index contributed by atoms with van der Waals surface area (Å²) in [6, 6.07) is 1.70. The third-order valence-electron chi connectivity index (χ3n) is 6.10. The van der Waals surface area contributed by atoms with Crippen LogP contribution in [0.2, 0.25) is 0 Å². The van der Waals surface area contributed by atoms with Crippen molar-refractivity contribution < 1.29 is 14.0 Å². The van der Waals surface area contributed by atoms with Crippen LogP contribution in [0.15, 0.2) is 29.3 Å². The van der Waals surface area contributed by atoms with Crippen LogP contribution in [0.25, 0.3) is 0 Å². The van der Waals surface area contributed by atoms with Gasteiger partial charge in [-0.05, 0) is 31.7 Å². The van der Waals surface area contributed by atoms with Gasteiger partial charge in [-0.2, -0.15) is 0 Å². The fourth-order valence-corrected chi connectivity index (χ4v) is 4.51. The first-order chi connectivity index (χ1) is 12.7. The molecule has 136 valence electrons. The highest BCUT2D eigenvalue weighted by atomic mass is 16.3. The van der Waals surface area contributed by atoms with Crippen molar-refractivity contribution in [3.05, 3.63) is 41.9 Å². The number of fused-ring (bicyclic) bond motifs is 2. The van der Waals surface area contributed by atoms with Crippen molar-refractivity contribution in [3.63, 3.8) is 0 Å². The number of hydrogen-bond donors (Lipinski definition) is 1. The highest BCUT2D eigenvalue weighted by molar-refractivity contribution is 5.94. The number of nitrogens with zero attached hydrogens (tertiary/aromatic N) is 3. The van der Waals surface area contributed by atoms with Crippen LogP contribution in [0.4, 0.5) is 0 Å². The second-order valence-electron chi connectivity index (χ2n) is 7.58. The number of aromatic nitrogens is 2. The summed E-state index contributed by atoms with van der Waals surface area (Å²) in [7, 11) is 0. The van der Waals surface area contributed by atoms with Crippen LogP contribution in [0.1, 0.15) is 47.4 Å². The van der Waals surface area contributed by atoms with Gasteiger partial charge in [-0.3, -0.25) is 9.59 Å². The minimum Gasteiger partial charge on any atom is -0.472 e. The molecule has 7 heteroatoms. The van der Waals surface area contributed by atoms with Crippen LogP contribution in [-0.2, 0) is 16.8 Å². The van der Waals surface area contributed by atoms with Crippen LogP contribution < -0.4 is 0 Å². The van der Waals surface area contributed by atoms with Crippen molar-refractivity contribution in [1.82, 2.24) is 19.8 Å². The fraction of sp³-hybridized carbons (Fsp3) is 0.526. The average molecular weight is 354 g/mol. The Bertz CT molecular complexity index is 829. The summed E-state index contributed by atoms with van der Waals surface area (Å²) in [4.78, 5) is 37.4. The molecule has 5 rings (SSSR count). The van der Waals surface area contributed by atoms with Gasteiger partial charge in [0.05, 0.1) is 29.4 Å². The molecule has 2 fully saturated rings. The van der Waals surface area contributed by atoms with Crippen molar-refractivity contribution in [3.8, 4) is 0 Å². The van der Waals surface area contributed by atoms with Gasteiger partial charge in [-0.1, -0.05) is 0 Å². The number of rotatable bonds is 2. The van der Waals surface area contributed by atoms with E-state index in [1.54, 1.807) is 12.4 Å². The van der Waals surface area contributed by atoms with Gasteiger partial charge < -0.3 is 19.2 Å². The van der Waals surface area contributed by atoms with Crippen LogP contribution in [0.5, 0.6) is 0 Å². The predicted octanol–water partition coefficient (Wildman–Crippen LogP) is 1.93. The monoisotopic (exact) mass is 354 g/mol. The van der Waals surface area contributed by atoms with Gasteiger partial charge in [-0.25, -0.2) is 4.98 Å². The lowest BCUT2D eigenvalue weighted by Gasteiger charge is -2.50. The van der Waals surface area contributed by atoms with Crippen molar-refractivity contribution in [1.29, 1.82) is 0 Å². The number of furan rings is 1. The Labute approximate surface area is 151 Å². The van der Waals surface area contributed by atoms with Gasteiger partial charge >= 0.3 is 0 Å². The molecule has 0 atom stereocenters. The van der Waals surface area contributed by atoms with E-state index in [4.69, 9.17) is 4.42 Å². The summed E-state index contributed by atoms with van der Waals surface area (Å²) >= 11 is 0. The molecular weight excluding hydrogens is 332 g/mol. The maximum absolute atomic E-state index is 13.0. The van der Waals surface area contributed by atoms with Crippen LogP contribution in [0, 0.1) is 5.92 Å². The highest BCUT2D eigenvalue weighted by Crippen LogP contribution is 2.45. The second-order valence-corrected chi connectivity index (χ2v) is 7.58. The minimum atomic E-state index is -0.375. The number of carbonyl (C=O) groups is 2. The number of aromatic amines is 1. The Morgan fingerprint density at radius 3 is 2.73 bits per heavy atom. The molecule has 1 saturated heterocycles. The van der Waals surface area contributed by atoms with Crippen molar-refractivity contribution in [2.24, 2.45) is 5.92 Å². The first kappa shape index (κ1) is 15.7. The highest BCUT2D eigenvalue weighted by Gasteiger charge is 2.51. The number of likely N-dealkylation sites (tertiary alicyclic amines) is 1. The van der Waals surface area contributed by atoms with E-state index >= 15 is 0 Å². The smallest absolute Gasteiger partial charge is 0.257 e. The molecule has 0 unspecified atom stereocenters. The van der Waals surface area contributed by atoms with Crippen LogP contribution in [0.3, 0.4) is 0 Å². The predicted molar refractivity (Wildman–Crippen MR) is 92.3 cm³/mol. The maximum Gasteiger partial charge on any atom is 0.257 e. The van der Waals surface area contributed by atoms with Crippen molar-refractivity contribution in [2.75, 3.05) is 19.6 Å². The molecule has 1 spiro atoms. The average Bonchev–Trinajstić information content (AvgIpc) is 3.16. The van der Waals surface area contributed by atoms with E-state index in [9.17, 15) is 9.59 Å². The molecule has 2 aromatic rings. The number of H-pyrrole nitrogens is 1. The van der Waals surface area contributed by atoms with Gasteiger partial charge in [-0.15, -0.1) is 0 Å². The number of piperidine rings is 1. The first-order valence-corrected chi connectivity index (χ1v) is 9.35. The van der Waals surface area contributed by atoms with Gasteiger partial charge in [0.2, 0.25) is 5.91 Å². The zero-order valence-corrected chi connectivity index (χ0v) is 14.6. The van der Waals surface area contributed by atoms with E-state index in [2.05, 4.69) is 14.9 Å². The molecule has 0 aromatic carbocycles. The standard InChI is InChI=1S/C19H22N4O3/c24-17(14-4-10-26-11-14)22-8-5-19(6-9-22)16-15(20-12-21-16)3-7-23(19)18(25)13-1-2-13/h4,10-13H,1-3,5-9H2,(H,20,21). The number of hydrogen-bond acceptors (Lipinski definition) is 4. The molecule has 2 aliphatic heterocycles. The second kappa shape index (κ2) is 5.72. The topological polar surface area (TPSA) is 82.4 Å². The normalized spacial score (nSPS) is 21.7. The van der Waals surface area contributed by atoms with Crippen LogP contribution >= 0.6 is 0 Å². The molecule has 1 saturated carbocycles. The molecule has 26 heavy (non-hydrogen) atoms. The van der Waals surface area contributed by atoms with Gasteiger partial charge in [0.15, 0.2) is 0 Å². The van der Waals surface area contributed by atoms with E-state index in [0.29, 0.717) is 18.7 Å². The van der Waals surface area contributed by atoms with Gasteiger partial charge in [0.1, 0.15) is 6.26 Å². The Balaban J connectivity index is 1.43. The molecule has 0 bridgehead atoms. The lowest BCUT2D eigenvalue weighted by atomic mass is 9.78. The summed E-state index contributed by atoms with van der Waals surface area (Å²) < 4.78 is 5.04. The van der Waals surface area contributed by atoms with Crippen molar-refractivity contribution >= 4 is 11.8 Å². The number of amides is 2. The number of carbonyl (C=O) groups excluding carboxylic acids is 2. The Morgan fingerprint density at radius 2 is 2.04 bits per heavy atom. The summed E-state index contributed by atoms with van der Waals surface area (Å²) in [6.45, 7) is 1.97.